The van der Waals surface area contributed by atoms with Crippen LogP contribution in [0.1, 0.15) is 56.5 Å². The van der Waals surface area contributed by atoms with Crippen LogP contribution < -0.4 is 0 Å². The van der Waals surface area contributed by atoms with E-state index in [4.69, 9.17) is 9.78 Å². The summed E-state index contributed by atoms with van der Waals surface area (Å²) in [6.07, 6.45) is 6.09. The summed E-state index contributed by atoms with van der Waals surface area (Å²) in [5, 5.41) is 12.9. The number of aromatic amines is 1. The number of nitrogens with one attached hydrogen (secondary N) is 1. The molecule has 3 rings (SSSR count). The lowest BCUT2D eigenvalue weighted by molar-refractivity contribution is 0.300. The molecular formula is C15H18N4O. The third-order valence-corrected chi connectivity index (χ3v) is 4.20. The second-order valence-corrected chi connectivity index (χ2v) is 5.49. The van der Waals surface area contributed by atoms with Crippen LogP contribution in [0.5, 0.6) is 0 Å². The van der Waals surface area contributed by atoms with Gasteiger partial charge in [0, 0.05) is 5.92 Å². The molecule has 0 saturated heterocycles. The summed E-state index contributed by atoms with van der Waals surface area (Å²) in [7, 11) is 0. The number of nitrogens with zero attached hydrogens (tertiary/aromatic N) is 3. The van der Waals surface area contributed by atoms with Gasteiger partial charge in [-0.3, -0.25) is 0 Å². The highest BCUT2D eigenvalue weighted by Gasteiger charge is 2.26. The number of hydrogen-bond acceptors (Lipinski definition) is 4. The monoisotopic (exact) mass is 270 g/mol. The van der Waals surface area contributed by atoms with Crippen molar-refractivity contribution in [1.82, 2.24) is 15.1 Å². The van der Waals surface area contributed by atoms with E-state index in [0.717, 1.165) is 24.6 Å². The number of rotatable bonds is 3. The van der Waals surface area contributed by atoms with Crippen LogP contribution in [0.3, 0.4) is 0 Å². The Kier molecular flexibility index (Phi) is 3.55. The Hall–Kier alpha value is -2.09. The maximum atomic E-state index is 8.82. The van der Waals surface area contributed by atoms with Crippen molar-refractivity contribution in [3.63, 3.8) is 0 Å². The minimum atomic E-state index is 0.414. The first-order valence-electron chi connectivity index (χ1n) is 7.23. The minimum Gasteiger partial charge on any atom is -0.342 e. The fourth-order valence-electron chi connectivity index (χ4n) is 2.99. The van der Waals surface area contributed by atoms with Crippen LogP contribution >= 0.6 is 0 Å². The first kappa shape index (κ1) is 12.9. The van der Waals surface area contributed by atoms with Crippen LogP contribution in [0.25, 0.3) is 11.6 Å². The van der Waals surface area contributed by atoms with E-state index in [1.807, 2.05) is 0 Å². The molecule has 1 fully saturated rings. The first-order valence-corrected chi connectivity index (χ1v) is 7.23. The first-order chi connectivity index (χ1) is 9.80. The molecule has 2 heterocycles. The zero-order valence-corrected chi connectivity index (χ0v) is 11.6. The largest absolute Gasteiger partial charge is 0.342 e. The lowest BCUT2D eigenvalue weighted by Crippen LogP contribution is -2.14. The lowest BCUT2D eigenvalue weighted by atomic mass is 9.80. The molecule has 1 N–H and O–H groups in total. The normalized spacial score (nSPS) is 22.6. The van der Waals surface area contributed by atoms with E-state index in [9.17, 15) is 0 Å². The third-order valence-electron chi connectivity index (χ3n) is 4.20. The summed E-state index contributed by atoms with van der Waals surface area (Å²) in [5.74, 6) is 2.48. The van der Waals surface area contributed by atoms with Gasteiger partial charge in [-0.2, -0.15) is 10.2 Å². The molecule has 0 bridgehead atoms. The van der Waals surface area contributed by atoms with Gasteiger partial charge in [0.2, 0.25) is 0 Å². The molecule has 1 aliphatic rings. The van der Waals surface area contributed by atoms with Crippen molar-refractivity contribution >= 4 is 0 Å². The van der Waals surface area contributed by atoms with Crippen molar-refractivity contribution in [3.05, 3.63) is 23.7 Å². The van der Waals surface area contributed by atoms with Gasteiger partial charge in [-0.15, -0.1) is 0 Å². The average molecular weight is 270 g/mol. The molecule has 104 valence electrons. The Morgan fingerprint density at radius 2 is 2.35 bits per heavy atom. The summed E-state index contributed by atoms with van der Waals surface area (Å²) >= 11 is 0. The molecular weight excluding hydrogens is 252 g/mol. The van der Waals surface area contributed by atoms with Gasteiger partial charge in [0.1, 0.15) is 17.5 Å². The van der Waals surface area contributed by atoms with Crippen LogP contribution in [-0.4, -0.2) is 15.1 Å². The van der Waals surface area contributed by atoms with Crippen molar-refractivity contribution in [3.8, 4) is 17.7 Å². The molecule has 2 aromatic heterocycles. The maximum Gasteiger partial charge on any atom is 0.274 e. The molecule has 1 saturated carbocycles. The molecule has 0 spiro atoms. The average Bonchev–Trinajstić information content (AvgIpc) is 3.15. The lowest BCUT2D eigenvalue weighted by Gasteiger charge is -2.26. The maximum absolute atomic E-state index is 8.82. The summed E-state index contributed by atoms with van der Waals surface area (Å²) < 4.78 is 5.33. The van der Waals surface area contributed by atoms with E-state index in [1.54, 1.807) is 12.1 Å². The quantitative estimate of drug-likeness (QED) is 0.923. The van der Waals surface area contributed by atoms with Crippen molar-refractivity contribution in [1.29, 1.82) is 5.26 Å². The Bertz CT molecular complexity index is 622. The van der Waals surface area contributed by atoms with E-state index in [0.29, 0.717) is 23.2 Å². The highest BCUT2D eigenvalue weighted by Crippen LogP contribution is 2.36. The smallest absolute Gasteiger partial charge is 0.274 e. The summed E-state index contributed by atoms with van der Waals surface area (Å²) in [4.78, 5) is 7.46. The summed E-state index contributed by atoms with van der Waals surface area (Å²) in [6.45, 7) is 2.25. The zero-order valence-electron chi connectivity index (χ0n) is 11.6. The highest BCUT2D eigenvalue weighted by atomic mass is 16.5. The molecule has 5 nitrogen and oxygen atoms in total. The second kappa shape index (κ2) is 5.49. The van der Waals surface area contributed by atoms with Gasteiger partial charge >= 0.3 is 0 Å². The second-order valence-electron chi connectivity index (χ2n) is 5.49. The van der Waals surface area contributed by atoms with Crippen molar-refractivity contribution in [2.45, 2.75) is 44.9 Å². The molecule has 0 amide bonds. The molecule has 0 radical (unpaired) electrons. The van der Waals surface area contributed by atoms with Gasteiger partial charge in [-0.25, -0.2) is 0 Å². The number of nitriles is 1. The van der Waals surface area contributed by atoms with Gasteiger partial charge < -0.3 is 9.51 Å². The van der Waals surface area contributed by atoms with E-state index in [-0.39, 0.29) is 0 Å². The van der Waals surface area contributed by atoms with Crippen LogP contribution in [0.15, 0.2) is 16.7 Å². The summed E-state index contributed by atoms with van der Waals surface area (Å²) in [5.41, 5.74) is 1.21. The Balaban J connectivity index is 1.78. The summed E-state index contributed by atoms with van der Waals surface area (Å²) in [6, 6.07) is 5.57. The predicted molar refractivity (Wildman–Crippen MR) is 73.8 cm³/mol. The standard InChI is InChI=1S/C15H18N4O/c1-2-10-4-3-5-11(8-10)14-18-15(20-19-14)13-7-6-12(9-16)17-13/h6-7,10-11,17H,2-5,8H2,1H3. The molecule has 5 heteroatoms. The molecule has 2 unspecified atom stereocenters. The minimum absolute atomic E-state index is 0.414. The Labute approximate surface area is 118 Å². The van der Waals surface area contributed by atoms with Gasteiger partial charge in [0.15, 0.2) is 5.82 Å². The fourth-order valence-corrected chi connectivity index (χ4v) is 2.99. The number of aromatic nitrogens is 3. The van der Waals surface area contributed by atoms with E-state index in [2.05, 4.69) is 28.1 Å². The third kappa shape index (κ3) is 2.46. The molecule has 2 atom stereocenters. The van der Waals surface area contributed by atoms with E-state index < -0.39 is 0 Å². The van der Waals surface area contributed by atoms with Crippen molar-refractivity contribution in [2.75, 3.05) is 0 Å². The van der Waals surface area contributed by atoms with Gasteiger partial charge in [-0.1, -0.05) is 31.3 Å². The van der Waals surface area contributed by atoms with E-state index in [1.165, 1.54) is 19.3 Å². The SMILES string of the molecule is CCC1CCCC(c2noc(-c3ccc(C#N)[nH]3)n2)C1. The molecule has 1 aliphatic carbocycles. The fraction of sp³-hybridized carbons (Fsp3) is 0.533. The van der Waals surface area contributed by atoms with Crippen LogP contribution in [-0.2, 0) is 0 Å². The van der Waals surface area contributed by atoms with Gasteiger partial charge in [0.05, 0.1) is 0 Å². The number of hydrogen-bond donors (Lipinski definition) is 1. The molecule has 0 aromatic carbocycles. The Morgan fingerprint density at radius 1 is 1.45 bits per heavy atom. The predicted octanol–water partition coefficient (Wildman–Crippen LogP) is 3.62. The zero-order chi connectivity index (χ0) is 13.9. The highest BCUT2D eigenvalue weighted by molar-refractivity contribution is 5.49. The molecule has 20 heavy (non-hydrogen) atoms. The van der Waals surface area contributed by atoms with Gasteiger partial charge in [-0.05, 0) is 30.9 Å². The topological polar surface area (TPSA) is 78.5 Å². The number of H-pyrrole nitrogens is 1. The molecule has 2 aromatic rings. The van der Waals surface area contributed by atoms with Crippen LogP contribution in [0.4, 0.5) is 0 Å². The molecule has 0 aliphatic heterocycles. The van der Waals surface area contributed by atoms with Crippen LogP contribution in [0.2, 0.25) is 0 Å². The van der Waals surface area contributed by atoms with Gasteiger partial charge in [0.25, 0.3) is 5.89 Å². The van der Waals surface area contributed by atoms with E-state index >= 15 is 0 Å². The van der Waals surface area contributed by atoms with Crippen molar-refractivity contribution < 1.29 is 4.52 Å². The van der Waals surface area contributed by atoms with Crippen LogP contribution in [0, 0.1) is 17.2 Å². The Morgan fingerprint density at radius 3 is 3.10 bits per heavy atom. The van der Waals surface area contributed by atoms with Crippen molar-refractivity contribution in [2.24, 2.45) is 5.92 Å².